The molecule has 0 bridgehead atoms. The van der Waals surface area contributed by atoms with Gasteiger partial charge in [-0.25, -0.2) is 4.98 Å². The number of benzene rings is 1. The number of nitrogens with two attached hydrogens (primary N) is 1. The van der Waals surface area contributed by atoms with Crippen molar-refractivity contribution < 1.29 is 9.53 Å². The van der Waals surface area contributed by atoms with Gasteiger partial charge in [0, 0.05) is 11.8 Å². The van der Waals surface area contributed by atoms with Crippen molar-refractivity contribution in [3.8, 4) is 5.75 Å². The molecule has 0 saturated carbocycles. The molecule has 0 spiro atoms. The molecule has 5 nitrogen and oxygen atoms in total. The summed E-state index contributed by atoms with van der Waals surface area (Å²) in [6.07, 6.45) is 0.587. The first-order valence-electron chi connectivity index (χ1n) is 6.83. The summed E-state index contributed by atoms with van der Waals surface area (Å²) in [6, 6.07) is 9.53. The first-order valence-corrected chi connectivity index (χ1v) is 7.71. The number of aromatic nitrogens is 1. The maximum atomic E-state index is 12.0. The number of nitrogens with one attached hydrogen (secondary N) is 1. The number of rotatable bonds is 7. The predicted octanol–water partition coefficient (Wildman–Crippen LogP) is 2.26. The van der Waals surface area contributed by atoms with E-state index in [0.29, 0.717) is 25.2 Å². The fourth-order valence-electron chi connectivity index (χ4n) is 1.75. The van der Waals surface area contributed by atoms with E-state index in [1.165, 1.54) is 11.3 Å². The fraction of sp³-hybridized carbons (Fsp3) is 0.333. The lowest BCUT2D eigenvalue weighted by Crippen LogP contribution is -2.33. The van der Waals surface area contributed by atoms with Gasteiger partial charge in [0.25, 0.3) is 5.91 Å². The Labute approximate surface area is 140 Å². The van der Waals surface area contributed by atoms with Crippen LogP contribution in [0.4, 0.5) is 0 Å². The van der Waals surface area contributed by atoms with Crippen molar-refractivity contribution in [3.05, 3.63) is 46.4 Å². The zero-order valence-electron chi connectivity index (χ0n) is 12.3. The molecule has 3 N–H and O–H groups in total. The van der Waals surface area contributed by atoms with E-state index >= 15 is 0 Å². The molecule has 0 aliphatic rings. The van der Waals surface area contributed by atoms with Crippen molar-refractivity contribution in [1.82, 2.24) is 10.3 Å². The molecule has 0 aliphatic carbocycles. The molecule has 1 heterocycles. The Hall–Kier alpha value is -1.63. The standard InChI is InChI=1S/C15H19N3O2S.ClH/c1-11(20-12-5-3-2-4-6-12)9-17-15(19)13-10-21-14(18-13)7-8-16;/h2-6,10-11H,7-9,16H2,1H3,(H,17,19);1H. The first-order chi connectivity index (χ1) is 10.2. The van der Waals surface area contributed by atoms with Crippen molar-refractivity contribution in [2.24, 2.45) is 5.73 Å². The van der Waals surface area contributed by atoms with Gasteiger partial charge in [-0.05, 0) is 25.6 Å². The summed E-state index contributed by atoms with van der Waals surface area (Å²) >= 11 is 1.46. The van der Waals surface area contributed by atoms with E-state index in [1.807, 2.05) is 37.3 Å². The molecule has 1 amide bonds. The second-order valence-electron chi connectivity index (χ2n) is 4.62. The highest BCUT2D eigenvalue weighted by molar-refractivity contribution is 7.09. The number of nitrogens with zero attached hydrogens (tertiary/aromatic N) is 1. The average Bonchev–Trinajstić information content (AvgIpc) is 2.95. The van der Waals surface area contributed by atoms with Crippen LogP contribution in [-0.4, -0.2) is 30.1 Å². The number of halogens is 1. The summed E-state index contributed by atoms with van der Waals surface area (Å²) in [6.45, 7) is 2.88. The molecular formula is C15H20ClN3O2S. The van der Waals surface area contributed by atoms with Gasteiger partial charge in [-0.3, -0.25) is 4.79 Å². The first kappa shape index (κ1) is 18.4. The summed E-state index contributed by atoms with van der Waals surface area (Å²) in [5, 5.41) is 5.46. The largest absolute Gasteiger partial charge is 0.489 e. The van der Waals surface area contributed by atoms with Crippen molar-refractivity contribution in [2.45, 2.75) is 19.4 Å². The summed E-state index contributed by atoms with van der Waals surface area (Å²) in [5.74, 6) is 0.608. The molecule has 7 heteroatoms. The second kappa shape index (κ2) is 9.40. The number of thiazole rings is 1. The zero-order valence-corrected chi connectivity index (χ0v) is 14.0. The van der Waals surface area contributed by atoms with Crippen LogP contribution >= 0.6 is 23.7 Å². The van der Waals surface area contributed by atoms with E-state index in [1.54, 1.807) is 5.38 Å². The lowest BCUT2D eigenvalue weighted by Gasteiger charge is -2.14. The van der Waals surface area contributed by atoms with E-state index in [9.17, 15) is 4.79 Å². The van der Waals surface area contributed by atoms with Gasteiger partial charge in [-0.2, -0.15) is 0 Å². The highest BCUT2D eigenvalue weighted by atomic mass is 35.5. The van der Waals surface area contributed by atoms with Gasteiger partial charge >= 0.3 is 0 Å². The van der Waals surface area contributed by atoms with Gasteiger partial charge in [0.1, 0.15) is 17.5 Å². The van der Waals surface area contributed by atoms with Crippen molar-refractivity contribution in [3.63, 3.8) is 0 Å². The number of hydrogen-bond donors (Lipinski definition) is 2. The van der Waals surface area contributed by atoms with Crippen LogP contribution in [0.5, 0.6) is 5.75 Å². The molecule has 2 rings (SSSR count). The van der Waals surface area contributed by atoms with E-state index in [2.05, 4.69) is 10.3 Å². The van der Waals surface area contributed by atoms with Crippen molar-refractivity contribution in [1.29, 1.82) is 0 Å². The third kappa shape index (κ3) is 5.63. The highest BCUT2D eigenvalue weighted by Crippen LogP contribution is 2.11. The molecule has 0 fully saturated rings. The van der Waals surface area contributed by atoms with Crippen LogP contribution < -0.4 is 15.8 Å². The lowest BCUT2D eigenvalue weighted by atomic mass is 10.3. The number of para-hydroxylation sites is 1. The lowest BCUT2D eigenvalue weighted by molar-refractivity contribution is 0.0927. The molecule has 0 saturated heterocycles. The number of carbonyl (C=O) groups excluding carboxylic acids is 1. The Morgan fingerprint density at radius 1 is 1.41 bits per heavy atom. The topological polar surface area (TPSA) is 77.2 Å². The van der Waals surface area contributed by atoms with Gasteiger partial charge in [-0.15, -0.1) is 23.7 Å². The van der Waals surface area contributed by atoms with Crippen LogP contribution in [0.25, 0.3) is 0 Å². The Balaban J connectivity index is 0.00000242. The van der Waals surface area contributed by atoms with Crippen LogP contribution in [0.2, 0.25) is 0 Å². The minimum Gasteiger partial charge on any atom is -0.489 e. The maximum absolute atomic E-state index is 12.0. The summed E-state index contributed by atoms with van der Waals surface area (Å²) in [4.78, 5) is 16.2. The van der Waals surface area contributed by atoms with Gasteiger partial charge in [0.05, 0.1) is 11.6 Å². The zero-order chi connectivity index (χ0) is 15.1. The summed E-state index contributed by atoms with van der Waals surface area (Å²) in [7, 11) is 0. The number of hydrogen-bond acceptors (Lipinski definition) is 5. The van der Waals surface area contributed by atoms with Crippen LogP contribution in [-0.2, 0) is 6.42 Å². The molecule has 0 radical (unpaired) electrons. The number of carbonyl (C=O) groups is 1. The quantitative estimate of drug-likeness (QED) is 0.809. The van der Waals surface area contributed by atoms with Crippen LogP contribution in [0.1, 0.15) is 22.4 Å². The second-order valence-corrected chi connectivity index (χ2v) is 5.56. The smallest absolute Gasteiger partial charge is 0.270 e. The maximum Gasteiger partial charge on any atom is 0.270 e. The molecule has 2 aromatic rings. The van der Waals surface area contributed by atoms with Gasteiger partial charge in [-0.1, -0.05) is 18.2 Å². The fourth-order valence-corrected chi connectivity index (χ4v) is 2.55. The van der Waals surface area contributed by atoms with Crippen LogP contribution in [0.3, 0.4) is 0 Å². The van der Waals surface area contributed by atoms with Gasteiger partial charge in [0.15, 0.2) is 0 Å². The highest BCUT2D eigenvalue weighted by Gasteiger charge is 2.12. The third-order valence-corrected chi connectivity index (χ3v) is 3.68. The molecule has 1 aromatic heterocycles. The SMILES string of the molecule is CC(CNC(=O)c1csc(CCN)n1)Oc1ccccc1.Cl. The Kier molecular flexibility index (Phi) is 7.87. The molecule has 22 heavy (non-hydrogen) atoms. The third-order valence-electron chi connectivity index (χ3n) is 2.77. The molecule has 1 atom stereocenters. The minimum atomic E-state index is -0.182. The Morgan fingerprint density at radius 2 is 2.14 bits per heavy atom. The van der Waals surface area contributed by atoms with E-state index in [0.717, 1.165) is 10.8 Å². The van der Waals surface area contributed by atoms with Crippen LogP contribution in [0, 0.1) is 0 Å². The van der Waals surface area contributed by atoms with E-state index in [-0.39, 0.29) is 24.4 Å². The minimum absolute atomic E-state index is 0. The van der Waals surface area contributed by atoms with E-state index in [4.69, 9.17) is 10.5 Å². The van der Waals surface area contributed by atoms with Gasteiger partial charge < -0.3 is 15.8 Å². The predicted molar refractivity (Wildman–Crippen MR) is 91.0 cm³/mol. The Morgan fingerprint density at radius 3 is 2.82 bits per heavy atom. The molecule has 1 unspecified atom stereocenters. The van der Waals surface area contributed by atoms with Crippen molar-refractivity contribution >= 4 is 29.7 Å². The molecule has 120 valence electrons. The monoisotopic (exact) mass is 341 g/mol. The number of ether oxygens (including phenoxy) is 1. The van der Waals surface area contributed by atoms with Crippen LogP contribution in [0.15, 0.2) is 35.7 Å². The van der Waals surface area contributed by atoms with Gasteiger partial charge in [0.2, 0.25) is 0 Å². The van der Waals surface area contributed by atoms with Crippen molar-refractivity contribution in [2.75, 3.05) is 13.1 Å². The normalized spacial score (nSPS) is 11.4. The molecular weight excluding hydrogens is 322 g/mol. The number of amides is 1. The summed E-state index contributed by atoms with van der Waals surface area (Å²) in [5.41, 5.74) is 5.91. The molecule has 1 aromatic carbocycles. The Bertz CT molecular complexity index is 577. The molecule has 0 aliphatic heterocycles. The summed E-state index contributed by atoms with van der Waals surface area (Å²) < 4.78 is 5.70. The van der Waals surface area contributed by atoms with E-state index < -0.39 is 0 Å². The average molecular weight is 342 g/mol.